The summed E-state index contributed by atoms with van der Waals surface area (Å²) in [6, 6.07) is 21.1. The quantitative estimate of drug-likeness (QED) is 0.411. The van der Waals surface area contributed by atoms with E-state index < -0.39 is 0 Å². The molecule has 0 aliphatic rings. The van der Waals surface area contributed by atoms with Crippen molar-refractivity contribution in [2.75, 3.05) is 11.9 Å². The lowest BCUT2D eigenvalue weighted by Gasteiger charge is -2.15. The SMILES string of the molecule is CC(Nc1ccc(Oc2cccc3cccnc23)cc1)C(=O)NCCc1cccs1. The summed E-state index contributed by atoms with van der Waals surface area (Å²) < 4.78 is 6.02. The third-order valence-electron chi connectivity index (χ3n) is 4.71. The van der Waals surface area contributed by atoms with Crippen LogP contribution in [0, 0.1) is 0 Å². The minimum absolute atomic E-state index is 0.0197. The van der Waals surface area contributed by atoms with Gasteiger partial charge >= 0.3 is 0 Å². The van der Waals surface area contributed by atoms with Crippen LogP contribution in [0.2, 0.25) is 0 Å². The van der Waals surface area contributed by atoms with Crippen LogP contribution in [0.25, 0.3) is 10.9 Å². The molecular formula is C24H23N3O2S. The maximum Gasteiger partial charge on any atom is 0.242 e. The van der Waals surface area contributed by atoms with E-state index in [1.807, 2.05) is 73.0 Å². The zero-order valence-corrected chi connectivity index (χ0v) is 17.5. The molecule has 0 radical (unpaired) electrons. The number of amides is 1. The predicted molar refractivity (Wildman–Crippen MR) is 122 cm³/mol. The van der Waals surface area contributed by atoms with Crippen LogP contribution in [-0.2, 0) is 11.2 Å². The van der Waals surface area contributed by atoms with Gasteiger partial charge in [-0.05, 0) is 61.2 Å². The highest BCUT2D eigenvalue weighted by atomic mass is 32.1. The molecule has 0 spiro atoms. The summed E-state index contributed by atoms with van der Waals surface area (Å²) in [5.74, 6) is 1.41. The molecule has 0 aliphatic carbocycles. The zero-order chi connectivity index (χ0) is 20.8. The van der Waals surface area contributed by atoms with Gasteiger partial charge in [0.1, 0.15) is 17.3 Å². The molecule has 30 heavy (non-hydrogen) atoms. The number of nitrogens with zero attached hydrogens (tertiary/aromatic N) is 1. The summed E-state index contributed by atoms with van der Waals surface area (Å²) >= 11 is 1.71. The number of ether oxygens (including phenoxy) is 1. The van der Waals surface area contributed by atoms with E-state index in [1.165, 1.54) is 4.88 Å². The van der Waals surface area contributed by atoms with Crippen molar-refractivity contribution in [3.63, 3.8) is 0 Å². The van der Waals surface area contributed by atoms with Crippen molar-refractivity contribution in [2.24, 2.45) is 0 Å². The van der Waals surface area contributed by atoms with Crippen LogP contribution in [0.15, 0.2) is 78.3 Å². The summed E-state index contributed by atoms with van der Waals surface area (Å²) in [6.07, 6.45) is 2.61. The van der Waals surface area contributed by atoms with Crippen LogP contribution in [-0.4, -0.2) is 23.5 Å². The lowest BCUT2D eigenvalue weighted by Crippen LogP contribution is -2.38. The fourth-order valence-electron chi connectivity index (χ4n) is 3.14. The number of hydrogen-bond acceptors (Lipinski definition) is 5. The topological polar surface area (TPSA) is 63.2 Å². The van der Waals surface area contributed by atoms with Crippen LogP contribution in [0.4, 0.5) is 5.69 Å². The number of benzene rings is 2. The van der Waals surface area contributed by atoms with E-state index >= 15 is 0 Å². The van der Waals surface area contributed by atoms with E-state index in [9.17, 15) is 4.79 Å². The molecule has 2 heterocycles. The fourth-order valence-corrected chi connectivity index (χ4v) is 3.85. The van der Waals surface area contributed by atoms with Gasteiger partial charge < -0.3 is 15.4 Å². The van der Waals surface area contributed by atoms with E-state index in [0.717, 1.165) is 23.0 Å². The second-order valence-electron chi connectivity index (χ2n) is 6.94. The van der Waals surface area contributed by atoms with E-state index in [4.69, 9.17) is 4.74 Å². The van der Waals surface area contributed by atoms with Crippen LogP contribution in [0.3, 0.4) is 0 Å². The van der Waals surface area contributed by atoms with Gasteiger partial charge in [0.2, 0.25) is 5.91 Å². The average Bonchev–Trinajstić information content (AvgIpc) is 3.29. The maximum absolute atomic E-state index is 12.3. The first-order valence-electron chi connectivity index (χ1n) is 9.87. The van der Waals surface area contributed by atoms with Gasteiger partial charge in [-0.15, -0.1) is 11.3 Å². The molecule has 2 N–H and O–H groups in total. The molecule has 4 aromatic rings. The number of thiophene rings is 1. The van der Waals surface area contributed by atoms with Gasteiger partial charge in [0, 0.05) is 28.7 Å². The molecule has 6 heteroatoms. The monoisotopic (exact) mass is 417 g/mol. The lowest BCUT2D eigenvalue weighted by atomic mass is 10.2. The Bertz CT molecular complexity index is 1110. The van der Waals surface area contributed by atoms with Crippen LogP contribution in [0.5, 0.6) is 11.5 Å². The normalized spacial score (nSPS) is 11.8. The molecule has 0 aliphatic heterocycles. The smallest absolute Gasteiger partial charge is 0.242 e. The molecule has 0 bridgehead atoms. The molecule has 1 unspecified atom stereocenters. The lowest BCUT2D eigenvalue weighted by molar-refractivity contribution is -0.121. The maximum atomic E-state index is 12.3. The van der Waals surface area contributed by atoms with Crippen molar-refractivity contribution < 1.29 is 9.53 Å². The molecule has 0 saturated carbocycles. The highest BCUT2D eigenvalue weighted by molar-refractivity contribution is 7.09. The summed E-state index contributed by atoms with van der Waals surface area (Å²) in [5.41, 5.74) is 1.69. The number of anilines is 1. The molecular weight excluding hydrogens is 394 g/mol. The molecule has 0 fully saturated rings. The molecule has 5 nitrogen and oxygen atoms in total. The average molecular weight is 418 g/mol. The summed E-state index contributed by atoms with van der Waals surface area (Å²) in [7, 11) is 0. The van der Waals surface area contributed by atoms with Crippen LogP contribution in [0.1, 0.15) is 11.8 Å². The van der Waals surface area contributed by atoms with E-state index in [0.29, 0.717) is 18.0 Å². The molecule has 1 amide bonds. The van der Waals surface area contributed by atoms with Crippen molar-refractivity contribution in [2.45, 2.75) is 19.4 Å². The highest BCUT2D eigenvalue weighted by Gasteiger charge is 2.12. The first kappa shape index (κ1) is 19.9. The van der Waals surface area contributed by atoms with Gasteiger partial charge in [-0.2, -0.15) is 0 Å². The largest absolute Gasteiger partial charge is 0.455 e. The first-order valence-corrected chi connectivity index (χ1v) is 10.8. The second-order valence-corrected chi connectivity index (χ2v) is 7.98. The Labute approximate surface area is 179 Å². The molecule has 0 saturated heterocycles. The van der Waals surface area contributed by atoms with Gasteiger partial charge in [-0.3, -0.25) is 9.78 Å². The number of hydrogen-bond donors (Lipinski definition) is 2. The number of nitrogens with one attached hydrogen (secondary N) is 2. The van der Waals surface area contributed by atoms with Crippen LogP contribution >= 0.6 is 11.3 Å². The van der Waals surface area contributed by atoms with Gasteiger partial charge in [0.05, 0.1) is 0 Å². The van der Waals surface area contributed by atoms with Crippen molar-refractivity contribution in [1.82, 2.24) is 10.3 Å². The Morgan fingerprint density at radius 3 is 2.70 bits per heavy atom. The number of rotatable bonds is 8. The van der Waals surface area contributed by atoms with Gasteiger partial charge in [0.15, 0.2) is 5.75 Å². The number of carbonyl (C=O) groups is 1. The summed E-state index contributed by atoms with van der Waals surface area (Å²) in [6.45, 7) is 2.49. The zero-order valence-electron chi connectivity index (χ0n) is 16.7. The van der Waals surface area contributed by atoms with Gasteiger partial charge in [-0.25, -0.2) is 0 Å². The number of para-hydroxylation sites is 1. The fraction of sp³-hybridized carbons (Fsp3) is 0.167. The predicted octanol–water partition coefficient (Wildman–Crippen LogP) is 5.25. The van der Waals surface area contributed by atoms with E-state index in [1.54, 1.807) is 17.5 Å². The number of pyridine rings is 1. The third-order valence-corrected chi connectivity index (χ3v) is 5.64. The molecule has 1 atom stereocenters. The molecule has 2 aromatic carbocycles. The summed E-state index contributed by atoms with van der Waals surface area (Å²) in [4.78, 5) is 18.0. The van der Waals surface area contributed by atoms with E-state index in [-0.39, 0.29) is 11.9 Å². The minimum atomic E-state index is -0.331. The van der Waals surface area contributed by atoms with Crippen molar-refractivity contribution in [1.29, 1.82) is 0 Å². The molecule has 2 aromatic heterocycles. The number of fused-ring (bicyclic) bond motifs is 1. The second kappa shape index (κ2) is 9.41. The summed E-state index contributed by atoms with van der Waals surface area (Å²) in [5, 5.41) is 9.29. The Hall–Kier alpha value is -3.38. The Morgan fingerprint density at radius 1 is 1.07 bits per heavy atom. The first-order chi connectivity index (χ1) is 14.7. The van der Waals surface area contributed by atoms with Gasteiger partial charge in [-0.1, -0.05) is 24.3 Å². The Balaban J connectivity index is 1.32. The number of carbonyl (C=O) groups excluding carboxylic acids is 1. The number of aromatic nitrogens is 1. The van der Waals surface area contributed by atoms with Crippen LogP contribution < -0.4 is 15.4 Å². The van der Waals surface area contributed by atoms with Crippen molar-refractivity contribution in [3.8, 4) is 11.5 Å². The molecule has 4 rings (SSSR count). The Morgan fingerprint density at radius 2 is 1.90 bits per heavy atom. The highest BCUT2D eigenvalue weighted by Crippen LogP contribution is 2.29. The standard InChI is InChI=1S/C24H23N3O2S/c1-17(24(28)26-15-13-21-7-4-16-30-21)27-19-9-11-20(12-10-19)29-22-8-2-5-18-6-3-14-25-23(18)22/h2-12,14,16-17,27H,13,15H2,1H3,(H,26,28). The van der Waals surface area contributed by atoms with E-state index in [2.05, 4.69) is 21.7 Å². The van der Waals surface area contributed by atoms with Gasteiger partial charge in [0.25, 0.3) is 0 Å². The minimum Gasteiger partial charge on any atom is -0.455 e. The van der Waals surface area contributed by atoms with Crippen molar-refractivity contribution in [3.05, 3.63) is 83.2 Å². The Kier molecular flexibility index (Phi) is 6.25. The van der Waals surface area contributed by atoms with Crippen molar-refractivity contribution >= 4 is 33.8 Å². The third kappa shape index (κ3) is 4.96. The molecule has 152 valence electrons.